The van der Waals surface area contributed by atoms with Crippen molar-refractivity contribution in [2.45, 2.75) is 24.3 Å². The Hall–Kier alpha value is -0.330. The van der Waals surface area contributed by atoms with Crippen molar-refractivity contribution in [3.63, 3.8) is 0 Å². The topological polar surface area (TPSA) is 62.1 Å². The number of rotatable bonds is 5. The summed E-state index contributed by atoms with van der Waals surface area (Å²) in [5, 5.41) is 7.77. The van der Waals surface area contributed by atoms with Crippen molar-refractivity contribution < 1.29 is 14.6 Å². The number of carboxylic acid groups (broad SMARTS) is 1. The molecular formula is C13H19Cl3N2O3. The average Bonchev–Trinajstić information content (AvgIpc) is 2.39. The normalized spacial score (nSPS) is 26.6. The summed E-state index contributed by atoms with van der Waals surface area (Å²) in [5.41, 5.74) is -0.130. The largest absolute Gasteiger partial charge is 0.478 e. The molecule has 1 saturated heterocycles. The zero-order valence-electron chi connectivity index (χ0n) is 11.6. The summed E-state index contributed by atoms with van der Waals surface area (Å²) in [6, 6.07) is 0. The lowest BCUT2D eigenvalue weighted by atomic mass is 10.1. The third-order valence-electron chi connectivity index (χ3n) is 3.51. The van der Waals surface area contributed by atoms with Crippen LogP contribution in [0.5, 0.6) is 0 Å². The van der Waals surface area contributed by atoms with Gasteiger partial charge in [0.15, 0.2) is 5.06 Å². The number of alkyl halides is 1. The van der Waals surface area contributed by atoms with Gasteiger partial charge in [-0.2, -0.15) is 0 Å². The number of dihydropyridines is 1. The van der Waals surface area contributed by atoms with Gasteiger partial charge >= 0.3 is 5.97 Å². The van der Waals surface area contributed by atoms with Crippen LogP contribution in [0, 0.1) is 0 Å². The van der Waals surface area contributed by atoms with Crippen LogP contribution in [-0.2, 0) is 9.53 Å². The molecule has 2 aliphatic rings. The van der Waals surface area contributed by atoms with Crippen molar-refractivity contribution in [2.75, 3.05) is 32.8 Å². The molecule has 0 amide bonds. The average molecular weight is 358 g/mol. The summed E-state index contributed by atoms with van der Waals surface area (Å²) in [6.45, 7) is 3.27. The van der Waals surface area contributed by atoms with Gasteiger partial charge in [-0.1, -0.05) is 29.6 Å². The molecule has 2 rings (SSSR count). The predicted molar refractivity (Wildman–Crippen MR) is 85.9 cm³/mol. The zero-order chi connectivity index (χ0) is 14.6. The number of piperidine rings is 1. The second kappa shape index (κ2) is 8.34. The summed E-state index contributed by atoms with van der Waals surface area (Å²) < 4.78 is 5.60. The van der Waals surface area contributed by atoms with E-state index < -0.39 is 11.0 Å². The van der Waals surface area contributed by atoms with Crippen LogP contribution in [0.2, 0.25) is 0 Å². The highest BCUT2D eigenvalue weighted by Gasteiger charge is 2.41. The number of allylic oxidation sites excluding steroid dienone is 1. The first-order chi connectivity index (χ1) is 9.53. The van der Waals surface area contributed by atoms with Gasteiger partial charge in [-0.3, -0.25) is 4.99 Å². The van der Waals surface area contributed by atoms with Crippen molar-refractivity contribution in [1.29, 1.82) is 0 Å². The fourth-order valence-electron chi connectivity index (χ4n) is 2.46. The Morgan fingerprint density at radius 1 is 1.43 bits per heavy atom. The molecule has 0 aromatic carbocycles. The highest BCUT2D eigenvalue weighted by molar-refractivity contribution is 6.43. The number of nitrogens with zero attached hydrogens (tertiary/aromatic N) is 2. The quantitative estimate of drug-likeness (QED) is 0.768. The molecule has 0 saturated carbocycles. The number of halogens is 3. The van der Waals surface area contributed by atoms with Gasteiger partial charge in [-0.05, 0) is 25.9 Å². The van der Waals surface area contributed by atoms with E-state index in [2.05, 4.69) is 9.89 Å². The number of aliphatic carboxylic acids is 1. The molecule has 0 radical (unpaired) electrons. The number of hydrogen-bond acceptors (Lipinski definition) is 4. The van der Waals surface area contributed by atoms with E-state index in [9.17, 15) is 9.90 Å². The molecule has 120 valence electrons. The van der Waals surface area contributed by atoms with E-state index in [1.807, 2.05) is 0 Å². The van der Waals surface area contributed by atoms with E-state index in [0.29, 0.717) is 6.61 Å². The second-order valence-corrected chi connectivity index (χ2v) is 5.99. The van der Waals surface area contributed by atoms with Crippen molar-refractivity contribution in [3.8, 4) is 0 Å². The molecule has 21 heavy (non-hydrogen) atoms. The summed E-state index contributed by atoms with van der Waals surface area (Å²) >= 11 is 12.1. The molecule has 1 unspecified atom stereocenters. The summed E-state index contributed by atoms with van der Waals surface area (Å²) in [6.07, 6.45) is 4.97. The highest BCUT2D eigenvalue weighted by Crippen LogP contribution is 2.33. The van der Waals surface area contributed by atoms with Crippen molar-refractivity contribution >= 4 is 47.8 Å². The molecule has 8 heteroatoms. The number of aliphatic imine (C=N–C) groups is 1. The standard InChI is InChI=1S/C13H18Cl2N2O3.ClH/c14-10-8-16-9-13(15,11(10)12(18)19)20-7-6-17-4-2-1-3-5-17;/h8H,1-7,9H2,(H,18,19);1H. The van der Waals surface area contributed by atoms with E-state index >= 15 is 0 Å². The molecule has 2 heterocycles. The fraction of sp³-hybridized carbons (Fsp3) is 0.692. The van der Waals surface area contributed by atoms with Crippen LogP contribution < -0.4 is 0 Å². The molecule has 2 aliphatic heterocycles. The van der Waals surface area contributed by atoms with E-state index in [0.717, 1.165) is 19.6 Å². The van der Waals surface area contributed by atoms with Crippen LogP contribution >= 0.6 is 35.6 Å². The first-order valence-electron chi connectivity index (χ1n) is 6.71. The molecule has 1 fully saturated rings. The number of carbonyl (C=O) groups is 1. The lowest BCUT2D eigenvalue weighted by Crippen LogP contribution is -2.41. The first kappa shape index (κ1) is 18.7. The fourth-order valence-corrected chi connectivity index (χ4v) is 3.14. The maximum Gasteiger partial charge on any atom is 0.337 e. The SMILES string of the molecule is Cl.O=C(O)C1=C(Cl)C=NCC1(Cl)OCCN1CCCCC1. The van der Waals surface area contributed by atoms with Gasteiger partial charge in [0.25, 0.3) is 0 Å². The van der Waals surface area contributed by atoms with E-state index in [4.69, 9.17) is 27.9 Å². The molecule has 1 N–H and O–H groups in total. The van der Waals surface area contributed by atoms with Crippen LogP contribution in [0.4, 0.5) is 0 Å². The maximum atomic E-state index is 11.3. The molecule has 1 atom stereocenters. The van der Waals surface area contributed by atoms with Crippen molar-refractivity contribution in [2.24, 2.45) is 4.99 Å². The van der Waals surface area contributed by atoms with Gasteiger partial charge in [-0.15, -0.1) is 12.4 Å². The molecule has 5 nitrogen and oxygen atoms in total. The van der Waals surface area contributed by atoms with E-state index in [1.54, 1.807) is 0 Å². The Balaban J connectivity index is 0.00000220. The second-order valence-electron chi connectivity index (χ2n) is 4.98. The minimum Gasteiger partial charge on any atom is -0.478 e. The number of ether oxygens (including phenoxy) is 1. The zero-order valence-corrected chi connectivity index (χ0v) is 13.9. The Labute approximate surface area is 140 Å². The third-order valence-corrected chi connectivity index (χ3v) is 4.22. The molecule has 0 bridgehead atoms. The van der Waals surface area contributed by atoms with Crippen LogP contribution in [0.1, 0.15) is 19.3 Å². The summed E-state index contributed by atoms with van der Waals surface area (Å²) in [4.78, 5) is 17.5. The Morgan fingerprint density at radius 2 is 2.10 bits per heavy atom. The highest BCUT2D eigenvalue weighted by atomic mass is 35.5. The molecule has 0 aliphatic carbocycles. The molecule has 0 aromatic heterocycles. The third kappa shape index (κ3) is 4.83. The maximum absolute atomic E-state index is 11.3. The van der Waals surface area contributed by atoms with Crippen LogP contribution in [0.25, 0.3) is 0 Å². The van der Waals surface area contributed by atoms with Crippen molar-refractivity contribution in [1.82, 2.24) is 4.90 Å². The van der Waals surface area contributed by atoms with Gasteiger partial charge in [0, 0.05) is 12.8 Å². The Kier molecular flexibility index (Phi) is 7.44. The Bertz CT molecular complexity index is 436. The Morgan fingerprint density at radius 3 is 2.71 bits per heavy atom. The first-order valence-corrected chi connectivity index (χ1v) is 7.47. The van der Waals surface area contributed by atoms with Gasteiger partial charge in [-0.25, -0.2) is 4.79 Å². The smallest absolute Gasteiger partial charge is 0.337 e. The van der Waals surface area contributed by atoms with Gasteiger partial charge < -0.3 is 14.7 Å². The minimum absolute atomic E-state index is 0. The number of carboxylic acids is 1. The van der Waals surface area contributed by atoms with Crippen LogP contribution in [0.3, 0.4) is 0 Å². The lowest BCUT2D eigenvalue weighted by Gasteiger charge is -2.31. The minimum atomic E-state index is -1.46. The predicted octanol–water partition coefficient (Wildman–Crippen LogP) is 2.51. The van der Waals surface area contributed by atoms with Crippen LogP contribution in [0.15, 0.2) is 15.6 Å². The van der Waals surface area contributed by atoms with Gasteiger partial charge in [0.2, 0.25) is 0 Å². The van der Waals surface area contributed by atoms with E-state index in [-0.39, 0.29) is 29.6 Å². The number of likely N-dealkylation sites (tertiary alicyclic amines) is 1. The molecule has 0 spiro atoms. The van der Waals surface area contributed by atoms with Gasteiger partial charge in [0.05, 0.1) is 18.2 Å². The summed E-state index contributed by atoms with van der Waals surface area (Å²) in [5.74, 6) is -1.17. The van der Waals surface area contributed by atoms with Crippen LogP contribution in [-0.4, -0.2) is 60.0 Å². The van der Waals surface area contributed by atoms with Gasteiger partial charge in [0.1, 0.15) is 5.57 Å². The monoisotopic (exact) mass is 356 g/mol. The summed E-state index contributed by atoms with van der Waals surface area (Å²) in [7, 11) is 0. The van der Waals surface area contributed by atoms with Crippen molar-refractivity contribution in [3.05, 3.63) is 10.6 Å². The van der Waals surface area contributed by atoms with E-state index in [1.165, 1.54) is 25.5 Å². The molecule has 0 aromatic rings. The number of hydrogen-bond donors (Lipinski definition) is 1. The lowest BCUT2D eigenvalue weighted by molar-refractivity contribution is -0.134. The molecular weight excluding hydrogens is 339 g/mol.